The molecule has 3 atom stereocenters. The molecule has 0 spiro atoms. The van der Waals surface area contributed by atoms with Crippen LogP contribution in [-0.2, 0) is 6.54 Å². The molecule has 1 saturated carbocycles. The highest BCUT2D eigenvalue weighted by atomic mass is 19.1. The van der Waals surface area contributed by atoms with Crippen LogP contribution in [0.3, 0.4) is 0 Å². The van der Waals surface area contributed by atoms with Gasteiger partial charge in [-0.15, -0.1) is 0 Å². The molecule has 2 aromatic rings. The minimum Gasteiger partial charge on any atom is -0.494 e. The molecule has 0 bridgehead atoms. The fraction of sp³-hybridized carbons (Fsp3) is 0.500. The van der Waals surface area contributed by atoms with Crippen LogP contribution in [0.5, 0.6) is 5.75 Å². The van der Waals surface area contributed by atoms with Crippen molar-refractivity contribution in [3.8, 4) is 5.75 Å². The number of piperidine rings is 1. The van der Waals surface area contributed by atoms with Gasteiger partial charge < -0.3 is 9.84 Å². The smallest absolute Gasteiger partial charge is 0.127 e. The Labute approximate surface area is 167 Å². The molecule has 150 valence electrons. The van der Waals surface area contributed by atoms with Crippen molar-refractivity contribution in [1.29, 1.82) is 0 Å². The number of aliphatic hydroxyl groups is 1. The molecule has 28 heavy (non-hydrogen) atoms. The summed E-state index contributed by atoms with van der Waals surface area (Å²) in [5, 5.41) is 11.4. The Morgan fingerprint density at radius 2 is 1.89 bits per heavy atom. The predicted octanol–water partition coefficient (Wildman–Crippen LogP) is 5.09. The molecule has 1 saturated heterocycles. The summed E-state index contributed by atoms with van der Waals surface area (Å²) in [5.41, 5.74) is 1.20. The number of likely N-dealkylation sites (tertiary alicyclic amines) is 1. The Bertz CT molecular complexity index is 811. The van der Waals surface area contributed by atoms with Gasteiger partial charge in [0.2, 0.25) is 0 Å². The maximum Gasteiger partial charge on any atom is 0.127 e. The van der Waals surface area contributed by atoms with Crippen molar-refractivity contribution in [2.24, 2.45) is 5.92 Å². The standard InChI is InChI=1S/C24H30FNO2/c1-2-28-22-13-6-4-10-19(22)23-20-11-7-8-14-24(20,27)15-16-26(23)17-18-9-3-5-12-21(18)25/h3-6,9-10,12-13,20,23,27H,2,7-8,11,14-17H2,1H3/t20-,23-,24+/m1/s1. The number of hydrogen-bond donors (Lipinski definition) is 1. The van der Waals surface area contributed by atoms with Crippen LogP contribution < -0.4 is 4.74 Å². The third kappa shape index (κ3) is 3.68. The summed E-state index contributed by atoms with van der Waals surface area (Å²) < 4.78 is 20.3. The van der Waals surface area contributed by atoms with Gasteiger partial charge in [0.05, 0.1) is 12.2 Å². The Kier molecular flexibility index (Phi) is 5.70. The summed E-state index contributed by atoms with van der Waals surface area (Å²) in [5.74, 6) is 0.857. The third-order valence-corrected chi connectivity index (χ3v) is 6.54. The van der Waals surface area contributed by atoms with E-state index in [1.807, 2.05) is 37.3 Å². The lowest BCUT2D eigenvalue weighted by Gasteiger charge is -2.53. The molecule has 0 radical (unpaired) electrons. The lowest BCUT2D eigenvalue weighted by Crippen LogP contribution is -2.54. The van der Waals surface area contributed by atoms with E-state index in [-0.39, 0.29) is 17.8 Å². The van der Waals surface area contributed by atoms with Crippen molar-refractivity contribution in [3.05, 3.63) is 65.5 Å². The first-order valence-electron chi connectivity index (χ1n) is 10.5. The monoisotopic (exact) mass is 383 g/mol. The molecule has 3 nitrogen and oxygen atoms in total. The summed E-state index contributed by atoms with van der Waals surface area (Å²) in [6.45, 7) is 3.90. The highest BCUT2D eigenvalue weighted by molar-refractivity contribution is 5.38. The number of hydrogen-bond acceptors (Lipinski definition) is 3. The van der Waals surface area contributed by atoms with Crippen LogP contribution in [0.2, 0.25) is 0 Å². The van der Waals surface area contributed by atoms with Gasteiger partial charge in [0.1, 0.15) is 11.6 Å². The molecule has 2 aromatic carbocycles. The molecule has 2 fully saturated rings. The maximum absolute atomic E-state index is 14.4. The largest absolute Gasteiger partial charge is 0.494 e. The number of nitrogens with zero attached hydrogens (tertiary/aromatic N) is 1. The van der Waals surface area contributed by atoms with E-state index in [2.05, 4.69) is 11.0 Å². The summed E-state index contributed by atoms with van der Waals surface area (Å²) in [4.78, 5) is 2.35. The Balaban J connectivity index is 1.74. The zero-order valence-corrected chi connectivity index (χ0v) is 16.6. The van der Waals surface area contributed by atoms with Crippen molar-refractivity contribution in [2.45, 2.75) is 57.2 Å². The predicted molar refractivity (Wildman–Crippen MR) is 109 cm³/mol. The first-order valence-corrected chi connectivity index (χ1v) is 10.5. The number of ether oxygens (including phenoxy) is 1. The second-order valence-electron chi connectivity index (χ2n) is 8.18. The first kappa shape index (κ1) is 19.4. The van der Waals surface area contributed by atoms with Crippen LogP contribution in [0.15, 0.2) is 48.5 Å². The molecule has 4 rings (SSSR count). The van der Waals surface area contributed by atoms with Gasteiger partial charge in [0.25, 0.3) is 0 Å². The second-order valence-corrected chi connectivity index (χ2v) is 8.18. The fourth-order valence-electron chi connectivity index (χ4n) is 5.19. The summed E-state index contributed by atoms with van der Waals surface area (Å²) >= 11 is 0. The van der Waals surface area contributed by atoms with Gasteiger partial charge in [0.15, 0.2) is 0 Å². The fourth-order valence-corrected chi connectivity index (χ4v) is 5.19. The first-order chi connectivity index (χ1) is 13.6. The number of halogens is 1. The van der Waals surface area contributed by atoms with Crippen LogP contribution in [0.4, 0.5) is 4.39 Å². The van der Waals surface area contributed by atoms with Crippen LogP contribution in [0.1, 0.15) is 56.2 Å². The Morgan fingerprint density at radius 3 is 2.71 bits per heavy atom. The molecular formula is C24H30FNO2. The van der Waals surface area contributed by atoms with Gasteiger partial charge in [-0.25, -0.2) is 4.39 Å². The van der Waals surface area contributed by atoms with Crippen LogP contribution in [-0.4, -0.2) is 28.8 Å². The van der Waals surface area contributed by atoms with E-state index >= 15 is 0 Å². The molecule has 1 N–H and O–H groups in total. The van der Waals surface area contributed by atoms with Gasteiger partial charge in [-0.05, 0) is 38.3 Å². The van der Waals surface area contributed by atoms with E-state index in [0.29, 0.717) is 18.7 Å². The van der Waals surface area contributed by atoms with E-state index in [1.54, 1.807) is 6.07 Å². The van der Waals surface area contributed by atoms with Crippen molar-refractivity contribution >= 4 is 0 Å². The molecule has 4 heteroatoms. The zero-order chi connectivity index (χ0) is 19.6. The topological polar surface area (TPSA) is 32.7 Å². The van der Waals surface area contributed by atoms with E-state index < -0.39 is 5.60 Å². The SMILES string of the molecule is CCOc1ccccc1[C@@H]1[C@H]2CCCC[C@]2(O)CCN1Cc1ccccc1F. The highest BCUT2D eigenvalue weighted by Crippen LogP contribution is 2.51. The van der Waals surface area contributed by atoms with Crippen molar-refractivity contribution in [2.75, 3.05) is 13.2 Å². The van der Waals surface area contributed by atoms with Gasteiger partial charge in [-0.3, -0.25) is 4.90 Å². The van der Waals surface area contributed by atoms with Crippen molar-refractivity contribution in [1.82, 2.24) is 4.90 Å². The highest BCUT2D eigenvalue weighted by Gasteiger charge is 2.49. The normalized spacial score (nSPS) is 28.0. The maximum atomic E-state index is 14.4. The second kappa shape index (κ2) is 8.22. The molecule has 0 unspecified atom stereocenters. The summed E-state index contributed by atoms with van der Waals surface area (Å²) in [6.07, 6.45) is 4.82. The minimum atomic E-state index is -0.631. The molecule has 1 heterocycles. The van der Waals surface area contributed by atoms with Gasteiger partial charge in [-0.2, -0.15) is 0 Å². The molecule has 1 aliphatic heterocycles. The van der Waals surface area contributed by atoms with E-state index in [4.69, 9.17) is 4.74 Å². The summed E-state index contributed by atoms with van der Waals surface area (Å²) in [6, 6.07) is 15.2. The lowest BCUT2D eigenvalue weighted by atomic mass is 9.66. The number of para-hydroxylation sites is 1. The molecular weight excluding hydrogens is 353 g/mol. The van der Waals surface area contributed by atoms with E-state index in [9.17, 15) is 9.50 Å². The van der Waals surface area contributed by atoms with Crippen molar-refractivity contribution < 1.29 is 14.2 Å². The molecule has 1 aliphatic carbocycles. The average Bonchev–Trinajstić information content (AvgIpc) is 2.70. The number of fused-ring (bicyclic) bond motifs is 1. The number of benzene rings is 2. The van der Waals surface area contributed by atoms with Crippen LogP contribution in [0.25, 0.3) is 0 Å². The Morgan fingerprint density at radius 1 is 1.11 bits per heavy atom. The molecule has 0 aromatic heterocycles. The van der Waals surface area contributed by atoms with Crippen LogP contribution in [0, 0.1) is 11.7 Å². The van der Waals surface area contributed by atoms with E-state index in [0.717, 1.165) is 50.0 Å². The Hall–Kier alpha value is -1.91. The number of rotatable bonds is 5. The zero-order valence-electron chi connectivity index (χ0n) is 16.6. The molecule has 0 amide bonds. The minimum absolute atomic E-state index is 0.0291. The van der Waals surface area contributed by atoms with E-state index in [1.165, 1.54) is 6.07 Å². The summed E-state index contributed by atoms with van der Waals surface area (Å²) in [7, 11) is 0. The van der Waals surface area contributed by atoms with Gasteiger partial charge in [-0.1, -0.05) is 49.2 Å². The average molecular weight is 384 g/mol. The molecule has 2 aliphatic rings. The van der Waals surface area contributed by atoms with Gasteiger partial charge >= 0.3 is 0 Å². The quantitative estimate of drug-likeness (QED) is 0.780. The van der Waals surface area contributed by atoms with Crippen LogP contribution >= 0.6 is 0 Å². The third-order valence-electron chi connectivity index (χ3n) is 6.54. The van der Waals surface area contributed by atoms with Gasteiger partial charge in [0, 0.05) is 36.2 Å². The lowest BCUT2D eigenvalue weighted by molar-refractivity contribution is -0.126. The van der Waals surface area contributed by atoms with Crippen molar-refractivity contribution in [3.63, 3.8) is 0 Å².